The number of sulfonamides is 1. The van der Waals surface area contributed by atoms with E-state index in [1.807, 2.05) is 0 Å². The number of carbonyl (C=O) groups excluding carboxylic acids is 1. The molecule has 30 heavy (non-hydrogen) atoms. The maximum absolute atomic E-state index is 12.6. The topological polar surface area (TPSA) is 148 Å². The largest absolute Gasteiger partial charge is 0.495 e. The number of anilines is 1. The molecule has 0 saturated heterocycles. The number of rotatable bonds is 8. The van der Waals surface area contributed by atoms with Gasteiger partial charge in [-0.3, -0.25) is 15.2 Å². The fourth-order valence-electron chi connectivity index (χ4n) is 2.59. The fraction of sp³-hybridized carbons (Fsp3) is 0.222. The number of methoxy groups -OCH3 is 1. The zero-order valence-corrected chi connectivity index (χ0v) is 16.6. The molecule has 2 aromatic heterocycles. The van der Waals surface area contributed by atoms with Gasteiger partial charge in [0, 0.05) is 29.6 Å². The van der Waals surface area contributed by atoms with Gasteiger partial charge in [0.25, 0.3) is 5.91 Å². The Morgan fingerprint density at radius 3 is 2.67 bits per heavy atom. The van der Waals surface area contributed by atoms with Gasteiger partial charge in [-0.05, 0) is 43.2 Å². The van der Waals surface area contributed by atoms with Crippen LogP contribution in [0.15, 0.2) is 52.1 Å². The molecule has 0 unspecified atom stereocenters. The Morgan fingerprint density at radius 1 is 1.20 bits per heavy atom. The van der Waals surface area contributed by atoms with Gasteiger partial charge in [0.1, 0.15) is 10.6 Å². The molecule has 1 aliphatic carbocycles. The molecule has 0 radical (unpaired) electrons. The van der Waals surface area contributed by atoms with Crippen LogP contribution in [0.2, 0.25) is 0 Å². The number of pyridine rings is 1. The van der Waals surface area contributed by atoms with Gasteiger partial charge in [-0.1, -0.05) is 5.16 Å². The summed E-state index contributed by atoms with van der Waals surface area (Å²) in [6.07, 6.45) is 4.76. The van der Waals surface area contributed by atoms with Crippen LogP contribution in [0.4, 0.5) is 6.01 Å². The van der Waals surface area contributed by atoms with Crippen LogP contribution in [0.5, 0.6) is 5.75 Å². The molecule has 1 amide bonds. The Morgan fingerprint density at radius 2 is 1.97 bits per heavy atom. The number of carbonyl (C=O) groups is 1. The minimum Gasteiger partial charge on any atom is -0.495 e. The predicted molar refractivity (Wildman–Crippen MR) is 105 cm³/mol. The van der Waals surface area contributed by atoms with Crippen LogP contribution in [0.3, 0.4) is 0 Å². The van der Waals surface area contributed by atoms with E-state index in [0.29, 0.717) is 11.4 Å². The Balaban J connectivity index is 1.47. The van der Waals surface area contributed by atoms with Crippen molar-refractivity contribution in [1.29, 1.82) is 0 Å². The molecule has 0 bridgehead atoms. The lowest BCUT2D eigenvalue weighted by molar-refractivity contribution is 0.0960. The fourth-order valence-corrected chi connectivity index (χ4v) is 4.09. The first kappa shape index (κ1) is 19.8. The molecular formula is C18H18N6O5S. The number of hydrazine groups is 1. The molecule has 0 atom stereocenters. The maximum atomic E-state index is 12.6. The molecule has 4 rings (SSSR count). The number of hydrogen-bond acceptors (Lipinski definition) is 9. The first-order valence-corrected chi connectivity index (χ1v) is 10.5. The van der Waals surface area contributed by atoms with Gasteiger partial charge in [0.05, 0.1) is 7.11 Å². The van der Waals surface area contributed by atoms with Gasteiger partial charge in [-0.25, -0.2) is 18.6 Å². The first-order chi connectivity index (χ1) is 14.5. The lowest BCUT2D eigenvalue weighted by Gasteiger charge is -2.12. The van der Waals surface area contributed by atoms with E-state index < -0.39 is 15.9 Å². The molecule has 0 spiro atoms. The summed E-state index contributed by atoms with van der Waals surface area (Å²) in [5, 5.41) is 3.81. The van der Waals surface area contributed by atoms with Gasteiger partial charge in [-0.2, -0.15) is 4.98 Å². The summed E-state index contributed by atoms with van der Waals surface area (Å²) < 4.78 is 37.9. The van der Waals surface area contributed by atoms with Gasteiger partial charge in [0.15, 0.2) is 0 Å². The molecule has 3 aromatic rings. The van der Waals surface area contributed by atoms with Crippen molar-refractivity contribution in [3.8, 4) is 17.1 Å². The predicted octanol–water partition coefficient (Wildman–Crippen LogP) is 1.34. The van der Waals surface area contributed by atoms with Crippen LogP contribution < -0.4 is 20.3 Å². The van der Waals surface area contributed by atoms with E-state index in [-0.39, 0.29) is 28.3 Å². The number of nitrogens with zero attached hydrogens (tertiary/aromatic N) is 3. The SMILES string of the molecule is COc1ccc(C(=O)NNc2nc(-c3ccncc3)no2)cc1S(=O)(=O)NC1CC1. The van der Waals surface area contributed by atoms with Crippen LogP contribution in [0.1, 0.15) is 23.2 Å². The van der Waals surface area contributed by atoms with Crippen molar-refractivity contribution < 1.29 is 22.5 Å². The molecule has 2 heterocycles. The molecule has 156 valence electrons. The molecule has 1 aliphatic rings. The van der Waals surface area contributed by atoms with Crippen LogP contribution in [-0.2, 0) is 10.0 Å². The third kappa shape index (κ3) is 4.39. The number of aromatic nitrogens is 3. The maximum Gasteiger partial charge on any atom is 0.340 e. The van der Waals surface area contributed by atoms with Gasteiger partial charge in [-0.15, -0.1) is 0 Å². The van der Waals surface area contributed by atoms with Crippen LogP contribution in [-0.4, -0.2) is 42.6 Å². The number of ether oxygens (including phenoxy) is 1. The monoisotopic (exact) mass is 430 g/mol. The van der Waals surface area contributed by atoms with Crippen molar-refractivity contribution in [1.82, 2.24) is 25.3 Å². The third-order valence-corrected chi connectivity index (χ3v) is 5.80. The number of nitrogens with one attached hydrogen (secondary N) is 3. The zero-order chi connectivity index (χ0) is 21.1. The second kappa shape index (κ2) is 8.08. The van der Waals surface area contributed by atoms with E-state index in [2.05, 4.69) is 30.7 Å². The van der Waals surface area contributed by atoms with Gasteiger partial charge in [0.2, 0.25) is 15.8 Å². The second-order valence-electron chi connectivity index (χ2n) is 6.50. The molecule has 0 aliphatic heterocycles. The highest BCUT2D eigenvalue weighted by molar-refractivity contribution is 7.89. The molecule has 3 N–H and O–H groups in total. The molecule has 12 heteroatoms. The molecule has 1 fully saturated rings. The van der Waals surface area contributed by atoms with Crippen molar-refractivity contribution in [3.05, 3.63) is 48.3 Å². The summed E-state index contributed by atoms with van der Waals surface area (Å²) in [4.78, 5) is 20.4. The minimum absolute atomic E-state index is 0.0353. The Hall–Kier alpha value is -3.51. The molecule has 1 aromatic carbocycles. The van der Waals surface area contributed by atoms with E-state index in [0.717, 1.165) is 12.8 Å². The summed E-state index contributed by atoms with van der Waals surface area (Å²) in [7, 11) is -2.45. The van der Waals surface area contributed by atoms with E-state index in [9.17, 15) is 13.2 Å². The summed E-state index contributed by atoms with van der Waals surface area (Å²) >= 11 is 0. The Labute approximate surface area is 171 Å². The van der Waals surface area contributed by atoms with E-state index in [4.69, 9.17) is 9.26 Å². The zero-order valence-electron chi connectivity index (χ0n) is 15.8. The van der Waals surface area contributed by atoms with Crippen LogP contribution in [0.25, 0.3) is 11.4 Å². The summed E-state index contributed by atoms with van der Waals surface area (Å²) in [5.74, 6) is -0.131. The second-order valence-corrected chi connectivity index (χ2v) is 8.18. The summed E-state index contributed by atoms with van der Waals surface area (Å²) in [6, 6.07) is 7.42. The van der Waals surface area contributed by atoms with E-state index in [1.54, 1.807) is 24.5 Å². The highest BCUT2D eigenvalue weighted by Gasteiger charge is 2.30. The Bertz CT molecular complexity index is 1160. The lowest BCUT2D eigenvalue weighted by atomic mass is 10.2. The summed E-state index contributed by atoms with van der Waals surface area (Å²) in [5.41, 5.74) is 5.71. The first-order valence-electron chi connectivity index (χ1n) is 8.97. The van der Waals surface area contributed by atoms with Crippen molar-refractivity contribution in [3.63, 3.8) is 0 Å². The highest BCUT2D eigenvalue weighted by atomic mass is 32.2. The molecular weight excluding hydrogens is 412 g/mol. The van der Waals surface area contributed by atoms with Gasteiger partial charge < -0.3 is 9.26 Å². The van der Waals surface area contributed by atoms with Crippen LogP contribution in [0, 0.1) is 0 Å². The average molecular weight is 430 g/mol. The lowest BCUT2D eigenvalue weighted by Crippen LogP contribution is -2.30. The minimum atomic E-state index is -3.81. The van der Waals surface area contributed by atoms with Gasteiger partial charge >= 0.3 is 6.01 Å². The van der Waals surface area contributed by atoms with Crippen molar-refractivity contribution in [2.75, 3.05) is 12.5 Å². The van der Waals surface area contributed by atoms with E-state index in [1.165, 1.54) is 25.3 Å². The number of amides is 1. The van der Waals surface area contributed by atoms with Crippen molar-refractivity contribution in [2.24, 2.45) is 0 Å². The number of hydrogen-bond donors (Lipinski definition) is 3. The normalized spacial score (nSPS) is 13.6. The highest BCUT2D eigenvalue weighted by Crippen LogP contribution is 2.28. The smallest absolute Gasteiger partial charge is 0.340 e. The quantitative estimate of drug-likeness (QED) is 0.450. The third-order valence-electron chi connectivity index (χ3n) is 4.26. The van der Waals surface area contributed by atoms with Crippen molar-refractivity contribution >= 4 is 21.9 Å². The standard InChI is InChI=1S/C18H18N6O5S/c1-28-14-5-2-12(10-15(14)30(26,27)24-13-3-4-13)17(25)21-22-18-20-16(23-29-18)11-6-8-19-9-7-11/h2,5-10,13,24H,3-4H2,1H3,(H,21,25)(H,20,22,23). The summed E-state index contributed by atoms with van der Waals surface area (Å²) in [6.45, 7) is 0. The molecule has 11 nitrogen and oxygen atoms in total. The number of benzene rings is 1. The van der Waals surface area contributed by atoms with Crippen molar-refractivity contribution in [2.45, 2.75) is 23.8 Å². The van der Waals surface area contributed by atoms with Crippen LogP contribution >= 0.6 is 0 Å². The average Bonchev–Trinajstić information content (AvgIpc) is 3.43. The molecule has 1 saturated carbocycles. The Kier molecular flexibility index (Phi) is 5.33. The van der Waals surface area contributed by atoms with E-state index >= 15 is 0 Å².